The monoisotopic (exact) mass is 387 g/mol. The fourth-order valence-electron chi connectivity index (χ4n) is 2.78. The Morgan fingerprint density at radius 3 is 2.37 bits per heavy atom. The molecule has 0 spiro atoms. The highest BCUT2D eigenvalue weighted by atomic mass is 32.2. The van der Waals surface area contributed by atoms with Gasteiger partial charge in [-0.1, -0.05) is 25.1 Å². The molecule has 0 aliphatic heterocycles. The zero-order valence-corrected chi connectivity index (χ0v) is 16.4. The van der Waals surface area contributed by atoms with Crippen LogP contribution in [0, 0.1) is 20.8 Å². The van der Waals surface area contributed by atoms with Gasteiger partial charge in [0, 0.05) is 16.8 Å². The average molecular weight is 387 g/mol. The molecule has 0 aliphatic carbocycles. The molecule has 2 heterocycles. The fraction of sp³-hybridized carbons (Fsp3) is 0.278. The lowest BCUT2D eigenvalue weighted by molar-refractivity contribution is 0.600. The highest BCUT2D eigenvalue weighted by Crippen LogP contribution is 2.24. The van der Waals surface area contributed by atoms with Crippen molar-refractivity contribution < 1.29 is 8.42 Å². The number of aromatic nitrogens is 4. The van der Waals surface area contributed by atoms with Gasteiger partial charge in [0.2, 0.25) is 5.95 Å². The number of benzene rings is 1. The minimum absolute atomic E-state index is 0.133. The number of sulfonamides is 1. The number of aryl methyl sites for hydroxylation is 2. The standard InChI is InChI=1S/C18H21N5O3S/c1-5-15-13(4)19-18(20-17(15)24)23-16(11(2)12(3)21-23)22-27(25,26)14-9-7-6-8-10-14/h6-10,22H,5H2,1-4H3,(H,19,20,24). The zero-order valence-electron chi connectivity index (χ0n) is 15.6. The summed E-state index contributed by atoms with van der Waals surface area (Å²) in [5.41, 5.74) is 2.18. The summed E-state index contributed by atoms with van der Waals surface area (Å²) in [5, 5.41) is 4.35. The molecule has 0 bridgehead atoms. The van der Waals surface area contributed by atoms with Crippen LogP contribution >= 0.6 is 0 Å². The summed E-state index contributed by atoms with van der Waals surface area (Å²) >= 11 is 0. The molecule has 142 valence electrons. The molecule has 0 radical (unpaired) electrons. The average Bonchev–Trinajstić information content (AvgIpc) is 2.90. The molecule has 3 rings (SSSR count). The highest BCUT2D eigenvalue weighted by Gasteiger charge is 2.22. The van der Waals surface area contributed by atoms with Crippen LogP contribution in [0.3, 0.4) is 0 Å². The van der Waals surface area contributed by atoms with Crippen LogP contribution in [0.1, 0.15) is 29.4 Å². The Balaban J connectivity index is 2.13. The Kier molecular flexibility index (Phi) is 4.88. The van der Waals surface area contributed by atoms with Gasteiger partial charge in [-0.15, -0.1) is 0 Å². The smallest absolute Gasteiger partial charge is 0.263 e. The molecule has 0 amide bonds. The van der Waals surface area contributed by atoms with Gasteiger partial charge in [0.15, 0.2) is 0 Å². The Labute approximate surface area is 157 Å². The number of rotatable bonds is 5. The zero-order chi connectivity index (χ0) is 19.8. The van der Waals surface area contributed by atoms with Gasteiger partial charge in [-0.25, -0.2) is 13.4 Å². The molecule has 0 fully saturated rings. The summed E-state index contributed by atoms with van der Waals surface area (Å²) in [4.78, 5) is 19.5. The van der Waals surface area contributed by atoms with E-state index in [1.165, 1.54) is 16.8 Å². The van der Waals surface area contributed by atoms with Gasteiger partial charge >= 0.3 is 0 Å². The molecular formula is C18H21N5O3S. The summed E-state index contributed by atoms with van der Waals surface area (Å²) in [5.74, 6) is 0.403. The molecule has 0 saturated heterocycles. The second-order valence-corrected chi connectivity index (χ2v) is 7.88. The van der Waals surface area contributed by atoms with E-state index in [-0.39, 0.29) is 22.2 Å². The van der Waals surface area contributed by atoms with Crippen molar-refractivity contribution in [3.05, 3.63) is 63.2 Å². The number of hydrogen-bond acceptors (Lipinski definition) is 5. The summed E-state index contributed by atoms with van der Waals surface area (Å²) in [6.07, 6.45) is 0.555. The first-order valence-corrected chi connectivity index (χ1v) is 9.97. The summed E-state index contributed by atoms with van der Waals surface area (Å²) in [6, 6.07) is 8.05. The van der Waals surface area contributed by atoms with Gasteiger partial charge in [-0.3, -0.25) is 14.5 Å². The predicted octanol–water partition coefficient (Wildman–Crippen LogP) is 2.24. The first kappa shape index (κ1) is 18.8. The molecular weight excluding hydrogens is 366 g/mol. The number of aromatic amines is 1. The highest BCUT2D eigenvalue weighted by molar-refractivity contribution is 7.92. The molecule has 3 aromatic rings. The number of anilines is 1. The SMILES string of the molecule is CCc1c(C)nc(-n2nc(C)c(C)c2NS(=O)(=O)c2ccccc2)[nH]c1=O. The molecule has 2 N–H and O–H groups in total. The maximum Gasteiger partial charge on any atom is 0.263 e. The molecule has 1 aromatic carbocycles. The number of hydrogen-bond donors (Lipinski definition) is 2. The van der Waals surface area contributed by atoms with Crippen LogP contribution in [0.4, 0.5) is 5.82 Å². The van der Waals surface area contributed by atoms with Gasteiger partial charge in [-0.05, 0) is 39.3 Å². The van der Waals surface area contributed by atoms with Crippen molar-refractivity contribution in [1.29, 1.82) is 0 Å². The van der Waals surface area contributed by atoms with E-state index >= 15 is 0 Å². The van der Waals surface area contributed by atoms with Crippen molar-refractivity contribution in [2.75, 3.05) is 4.72 Å². The van der Waals surface area contributed by atoms with Gasteiger partial charge in [0.1, 0.15) is 5.82 Å². The maximum atomic E-state index is 12.7. The summed E-state index contributed by atoms with van der Waals surface area (Å²) in [6.45, 7) is 7.14. The second-order valence-electron chi connectivity index (χ2n) is 6.20. The van der Waals surface area contributed by atoms with Crippen molar-refractivity contribution in [3.63, 3.8) is 0 Å². The third-order valence-corrected chi connectivity index (χ3v) is 5.76. The molecule has 2 aromatic heterocycles. The van der Waals surface area contributed by atoms with Crippen molar-refractivity contribution in [3.8, 4) is 5.95 Å². The lowest BCUT2D eigenvalue weighted by atomic mass is 10.2. The van der Waals surface area contributed by atoms with E-state index in [4.69, 9.17) is 0 Å². The molecule has 0 aliphatic rings. The van der Waals surface area contributed by atoms with Crippen LogP contribution in [0.5, 0.6) is 0 Å². The fourth-order valence-corrected chi connectivity index (χ4v) is 3.90. The second kappa shape index (κ2) is 6.99. The third kappa shape index (κ3) is 3.50. The van der Waals surface area contributed by atoms with Gasteiger partial charge in [0.05, 0.1) is 10.6 Å². The van der Waals surface area contributed by atoms with Gasteiger partial charge in [0.25, 0.3) is 15.6 Å². The van der Waals surface area contributed by atoms with E-state index < -0.39 is 10.0 Å². The van der Waals surface area contributed by atoms with Crippen LogP contribution in [0.25, 0.3) is 5.95 Å². The largest absolute Gasteiger partial charge is 0.291 e. The first-order chi connectivity index (χ1) is 12.7. The number of nitrogens with zero attached hydrogens (tertiary/aromatic N) is 3. The Morgan fingerprint density at radius 2 is 1.78 bits per heavy atom. The van der Waals surface area contributed by atoms with Gasteiger partial charge < -0.3 is 0 Å². The van der Waals surface area contributed by atoms with E-state index in [0.717, 1.165) is 0 Å². The lowest BCUT2D eigenvalue weighted by Gasteiger charge is -2.12. The molecule has 0 atom stereocenters. The van der Waals surface area contributed by atoms with Crippen molar-refractivity contribution in [2.45, 2.75) is 39.0 Å². The normalized spacial score (nSPS) is 11.6. The topological polar surface area (TPSA) is 110 Å². The van der Waals surface area contributed by atoms with E-state index in [9.17, 15) is 13.2 Å². The Hall–Kier alpha value is -2.94. The molecule has 0 saturated carbocycles. The predicted molar refractivity (Wildman–Crippen MR) is 103 cm³/mol. The summed E-state index contributed by atoms with van der Waals surface area (Å²) in [7, 11) is -3.82. The van der Waals surface area contributed by atoms with Crippen LogP contribution in [-0.4, -0.2) is 28.2 Å². The van der Waals surface area contributed by atoms with Crippen molar-refractivity contribution in [1.82, 2.24) is 19.7 Å². The number of nitrogens with one attached hydrogen (secondary N) is 2. The van der Waals surface area contributed by atoms with Crippen molar-refractivity contribution >= 4 is 15.8 Å². The maximum absolute atomic E-state index is 12.7. The van der Waals surface area contributed by atoms with Crippen LogP contribution in [-0.2, 0) is 16.4 Å². The minimum Gasteiger partial charge on any atom is -0.291 e. The van der Waals surface area contributed by atoms with Crippen molar-refractivity contribution in [2.24, 2.45) is 0 Å². The number of H-pyrrole nitrogens is 1. The quantitative estimate of drug-likeness (QED) is 0.698. The Bertz CT molecular complexity index is 1150. The first-order valence-electron chi connectivity index (χ1n) is 8.49. The molecule has 9 heteroatoms. The molecule has 27 heavy (non-hydrogen) atoms. The van der Waals surface area contributed by atoms with Gasteiger partial charge in [-0.2, -0.15) is 9.78 Å². The minimum atomic E-state index is -3.82. The van der Waals surface area contributed by atoms with E-state index in [0.29, 0.717) is 28.9 Å². The molecule has 8 nitrogen and oxygen atoms in total. The van der Waals surface area contributed by atoms with Crippen LogP contribution in [0.15, 0.2) is 40.0 Å². The van der Waals surface area contributed by atoms with Crippen LogP contribution < -0.4 is 10.3 Å². The van der Waals surface area contributed by atoms with Crippen LogP contribution in [0.2, 0.25) is 0 Å². The lowest BCUT2D eigenvalue weighted by Crippen LogP contribution is -2.22. The van der Waals surface area contributed by atoms with E-state index in [2.05, 4.69) is 19.8 Å². The van der Waals surface area contributed by atoms with E-state index in [1.54, 1.807) is 39.0 Å². The Morgan fingerprint density at radius 1 is 1.11 bits per heavy atom. The molecule has 0 unspecified atom stereocenters. The third-order valence-electron chi connectivity index (χ3n) is 4.41. The summed E-state index contributed by atoms with van der Waals surface area (Å²) < 4.78 is 29.4. The van der Waals surface area contributed by atoms with E-state index in [1.807, 2.05) is 6.92 Å².